The van der Waals surface area contributed by atoms with E-state index in [-0.39, 0.29) is 29.0 Å². The summed E-state index contributed by atoms with van der Waals surface area (Å²) in [5.41, 5.74) is 1.04. The van der Waals surface area contributed by atoms with Crippen LogP contribution in [0.5, 0.6) is 0 Å². The van der Waals surface area contributed by atoms with Crippen molar-refractivity contribution in [2.24, 2.45) is 24.8 Å². The van der Waals surface area contributed by atoms with Gasteiger partial charge in [0.15, 0.2) is 0 Å². The lowest BCUT2D eigenvalue weighted by Gasteiger charge is -2.47. The lowest BCUT2D eigenvalue weighted by atomic mass is 9.61. The van der Waals surface area contributed by atoms with Crippen LogP contribution in [0.3, 0.4) is 0 Å². The van der Waals surface area contributed by atoms with Crippen LogP contribution in [0.4, 0.5) is 10.1 Å². The summed E-state index contributed by atoms with van der Waals surface area (Å²) in [6.07, 6.45) is 7.85. The zero-order valence-electron chi connectivity index (χ0n) is 17.4. The Morgan fingerprint density at radius 1 is 1.34 bits per heavy atom. The minimum atomic E-state index is -0.835. The molecule has 0 aliphatic heterocycles. The van der Waals surface area contributed by atoms with Gasteiger partial charge in [-0.3, -0.25) is 9.59 Å². The Kier molecular flexibility index (Phi) is 4.73. The number of aromatic amines is 1. The van der Waals surface area contributed by atoms with Gasteiger partial charge in [-0.05, 0) is 43.6 Å². The minimum absolute atomic E-state index is 0.107. The van der Waals surface area contributed by atoms with Crippen LogP contribution in [0.15, 0.2) is 29.5 Å². The Hall–Kier alpha value is -3.67. The van der Waals surface area contributed by atoms with Crippen LogP contribution in [0.25, 0.3) is 22.2 Å². The zero-order valence-corrected chi connectivity index (χ0v) is 17.4. The molecule has 3 aliphatic carbocycles. The number of nitrogens with zero attached hydrogens (tertiary/aromatic N) is 3. The summed E-state index contributed by atoms with van der Waals surface area (Å²) in [7, 11) is 1.58. The Labute approximate surface area is 182 Å². The number of pyridine rings is 2. The molecular formula is C23H22FN5O3. The summed E-state index contributed by atoms with van der Waals surface area (Å²) in [6.45, 7) is 0. The largest absolute Gasteiger partial charge is 0.481 e. The van der Waals surface area contributed by atoms with Gasteiger partial charge in [0.05, 0.1) is 28.9 Å². The molecule has 0 saturated heterocycles. The van der Waals surface area contributed by atoms with E-state index in [0.717, 1.165) is 31.9 Å². The third-order valence-corrected chi connectivity index (χ3v) is 7.08. The Morgan fingerprint density at radius 3 is 2.75 bits per heavy atom. The van der Waals surface area contributed by atoms with Crippen molar-refractivity contribution < 1.29 is 14.3 Å². The fraction of sp³-hybridized carbons (Fsp3) is 0.391. The number of fused-ring (bicyclic) bond motifs is 4. The summed E-state index contributed by atoms with van der Waals surface area (Å²) in [5, 5.41) is 23.6. The molecule has 1 unspecified atom stereocenters. The average molecular weight is 435 g/mol. The second-order valence-electron chi connectivity index (χ2n) is 8.78. The molecule has 3 fully saturated rings. The molecule has 3 saturated carbocycles. The van der Waals surface area contributed by atoms with Gasteiger partial charge < -0.3 is 20.0 Å². The molecule has 3 heterocycles. The number of carboxylic acids is 1. The van der Waals surface area contributed by atoms with Crippen molar-refractivity contribution in [3.63, 3.8) is 0 Å². The molecule has 2 bridgehead atoms. The topological polar surface area (TPSA) is 124 Å². The smallest absolute Gasteiger partial charge is 0.308 e. The maximum absolute atomic E-state index is 13.9. The van der Waals surface area contributed by atoms with Gasteiger partial charge in [0.25, 0.3) is 5.56 Å². The fourth-order valence-corrected chi connectivity index (χ4v) is 5.59. The predicted molar refractivity (Wildman–Crippen MR) is 115 cm³/mol. The van der Waals surface area contributed by atoms with Gasteiger partial charge in [0.1, 0.15) is 17.5 Å². The molecule has 3 aromatic heterocycles. The first-order valence-electron chi connectivity index (χ1n) is 10.6. The van der Waals surface area contributed by atoms with Crippen LogP contribution in [-0.4, -0.2) is 31.7 Å². The number of H-pyrrole nitrogens is 1. The molecule has 0 spiro atoms. The van der Waals surface area contributed by atoms with Crippen molar-refractivity contribution in [3.8, 4) is 17.2 Å². The lowest BCUT2D eigenvalue weighted by Crippen LogP contribution is -2.51. The third-order valence-electron chi connectivity index (χ3n) is 7.08. The second kappa shape index (κ2) is 7.48. The second-order valence-corrected chi connectivity index (χ2v) is 8.78. The molecular weight excluding hydrogens is 413 g/mol. The molecule has 6 rings (SSSR count). The molecule has 9 heteroatoms. The Morgan fingerprint density at radius 2 is 2.06 bits per heavy atom. The standard InChI is InChI=1S/C23H22FN5O3/c1-29-10-17(28-20-12-4-2-11(3-5-12)18(20)23(31)32)15(7-25)19(22(29)30)16-9-27-21-14(16)6-13(24)8-26-21/h6,8-12,18,20,28H,2-5H2,1H3,(H,26,27)(H,31,32)/t11-,12+,18-,20?/m0/s1. The van der Waals surface area contributed by atoms with E-state index in [2.05, 4.69) is 21.4 Å². The Balaban J connectivity index is 1.66. The number of carboxylic acid groups (broad SMARTS) is 1. The summed E-state index contributed by atoms with van der Waals surface area (Å²) >= 11 is 0. The van der Waals surface area contributed by atoms with Gasteiger partial charge in [-0.2, -0.15) is 5.26 Å². The van der Waals surface area contributed by atoms with E-state index in [1.807, 2.05) is 0 Å². The van der Waals surface area contributed by atoms with E-state index in [9.17, 15) is 24.3 Å². The van der Waals surface area contributed by atoms with Crippen molar-refractivity contribution in [2.45, 2.75) is 31.7 Å². The van der Waals surface area contributed by atoms with Crippen molar-refractivity contribution in [1.82, 2.24) is 14.5 Å². The number of carbonyl (C=O) groups is 1. The summed E-state index contributed by atoms with van der Waals surface area (Å²) in [6, 6.07) is 3.08. The van der Waals surface area contributed by atoms with E-state index in [1.165, 1.54) is 10.6 Å². The first kappa shape index (κ1) is 20.2. The number of halogens is 1. The molecule has 8 nitrogen and oxygen atoms in total. The van der Waals surface area contributed by atoms with Gasteiger partial charge >= 0.3 is 5.97 Å². The highest BCUT2D eigenvalue weighted by Gasteiger charge is 2.47. The summed E-state index contributed by atoms with van der Waals surface area (Å²) in [5.74, 6) is -1.62. The highest BCUT2D eigenvalue weighted by atomic mass is 19.1. The van der Waals surface area contributed by atoms with Crippen molar-refractivity contribution in [1.29, 1.82) is 5.26 Å². The van der Waals surface area contributed by atoms with Gasteiger partial charge in [-0.1, -0.05) is 0 Å². The van der Waals surface area contributed by atoms with Crippen molar-refractivity contribution >= 4 is 22.7 Å². The van der Waals surface area contributed by atoms with E-state index < -0.39 is 23.3 Å². The molecule has 3 N–H and O–H groups in total. The monoisotopic (exact) mass is 435 g/mol. The van der Waals surface area contributed by atoms with Gasteiger partial charge in [-0.15, -0.1) is 0 Å². The number of aryl methyl sites for hydroxylation is 1. The van der Waals surface area contributed by atoms with E-state index in [4.69, 9.17) is 0 Å². The summed E-state index contributed by atoms with van der Waals surface area (Å²) < 4.78 is 15.2. The minimum Gasteiger partial charge on any atom is -0.481 e. The van der Waals surface area contributed by atoms with Crippen molar-refractivity contribution in [2.75, 3.05) is 5.32 Å². The number of nitriles is 1. The molecule has 0 aromatic carbocycles. The predicted octanol–water partition coefficient (Wildman–Crippen LogP) is 3.24. The highest BCUT2D eigenvalue weighted by Crippen LogP contribution is 2.46. The molecule has 0 amide bonds. The number of nitrogens with one attached hydrogen (secondary N) is 2. The molecule has 3 aliphatic rings. The number of anilines is 1. The molecule has 3 aromatic rings. The molecule has 164 valence electrons. The lowest BCUT2D eigenvalue weighted by molar-refractivity contribution is -0.148. The van der Waals surface area contributed by atoms with Crippen LogP contribution >= 0.6 is 0 Å². The van der Waals surface area contributed by atoms with E-state index in [0.29, 0.717) is 22.3 Å². The average Bonchev–Trinajstić information content (AvgIpc) is 3.19. The van der Waals surface area contributed by atoms with E-state index in [1.54, 1.807) is 19.4 Å². The quantitative estimate of drug-likeness (QED) is 0.578. The third kappa shape index (κ3) is 3.06. The SMILES string of the molecule is Cn1cc(NC2[C@H]3CC[C@H](CC3)[C@@H]2C(=O)O)c(C#N)c(-c2c[nH]c3ncc(F)cc23)c1=O. The van der Waals surface area contributed by atoms with Gasteiger partial charge in [0.2, 0.25) is 0 Å². The van der Waals surface area contributed by atoms with Gasteiger partial charge in [-0.25, -0.2) is 9.37 Å². The molecule has 32 heavy (non-hydrogen) atoms. The first-order valence-corrected chi connectivity index (χ1v) is 10.6. The molecule has 0 radical (unpaired) electrons. The zero-order chi connectivity index (χ0) is 22.6. The summed E-state index contributed by atoms with van der Waals surface area (Å²) in [4.78, 5) is 32.1. The number of hydrogen-bond donors (Lipinski definition) is 3. The van der Waals surface area contributed by atoms with Crippen LogP contribution in [-0.2, 0) is 11.8 Å². The number of rotatable bonds is 4. The fourth-order valence-electron chi connectivity index (χ4n) is 5.59. The normalized spacial score (nSPS) is 24.4. The van der Waals surface area contributed by atoms with Crippen LogP contribution in [0, 0.1) is 34.9 Å². The maximum Gasteiger partial charge on any atom is 0.308 e. The maximum atomic E-state index is 13.9. The van der Waals surface area contributed by atoms with Crippen molar-refractivity contribution in [3.05, 3.63) is 46.4 Å². The number of hydrogen-bond acceptors (Lipinski definition) is 5. The Bertz CT molecular complexity index is 1330. The van der Waals surface area contributed by atoms with Crippen LogP contribution in [0.1, 0.15) is 31.2 Å². The van der Waals surface area contributed by atoms with Crippen LogP contribution in [0.2, 0.25) is 0 Å². The van der Waals surface area contributed by atoms with E-state index >= 15 is 0 Å². The highest BCUT2D eigenvalue weighted by molar-refractivity contribution is 5.96. The number of aliphatic carboxylic acids is 1. The molecule has 2 atom stereocenters. The van der Waals surface area contributed by atoms with Crippen LogP contribution < -0.4 is 10.9 Å². The van der Waals surface area contributed by atoms with Gasteiger partial charge in [0, 0.05) is 36.4 Å². The first-order chi connectivity index (χ1) is 15.4. The number of aromatic nitrogens is 3.